The van der Waals surface area contributed by atoms with Crippen LogP contribution >= 0.6 is 0 Å². The van der Waals surface area contributed by atoms with Gasteiger partial charge in [0, 0.05) is 0 Å². The van der Waals surface area contributed by atoms with Crippen molar-refractivity contribution in [2.24, 2.45) is 0 Å². The minimum atomic E-state index is -3.49. The van der Waals surface area contributed by atoms with E-state index >= 15 is 0 Å². The molecule has 2 N–H and O–H groups in total. The largest absolute Gasteiger partial charge is 0.507 e. The minimum absolute atomic E-state index is 0.122. The number of hydrogen-bond donors (Lipinski definition) is 2. The molecule has 0 unspecified atom stereocenters. The van der Waals surface area contributed by atoms with Crippen LogP contribution in [0.2, 0.25) is 0 Å². The highest BCUT2D eigenvalue weighted by molar-refractivity contribution is 7.91. The van der Waals surface area contributed by atoms with Crippen molar-refractivity contribution in [1.82, 2.24) is 0 Å². The number of aromatic carboxylic acids is 1. The molecule has 0 amide bonds. The summed E-state index contributed by atoms with van der Waals surface area (Å²) in [6.45, 7) is 1.93. The molecule has 0 bridgehead atoms. The second-order valence-corrected chi connectivity index (χ2v) is 7.65. The Morgan fingerprint density at radius 1 is 1.12 bits per heavy atom. The SMILES string of the molecule is CCCc1ccc(S(=O)(=O)CCOc2ccc(O)c(C(=O)O)c2)cc1. The Bertz CT molecular complexity index is 840. The van der Waals surface area contributed by atoms with Crippen LogP contribution in [0.3, 0.4) is 0 Å². The highest BCUT2D eigenvalue weighted by atomic mass is 32.2. The zero-order valence-corrected chi connectivity index (χ0v) is 14.6. The van der Waals surface area contributed by atoms with E-state index in [1.807, 2.05) is 0 Å². The quantitative estimate of drug-likeness (QED) is 0.747. The lowest BCUT2D eigenvalue weighted by Gasteiger charge is -2.09. The van der Waals surface area contributed by atoms with E-state index in [0.29, 0.717) is 0 Å². The highest BCUT2D eigenvalue weighted by Crippen LogP contribution is 2.23. The third-order valence-electron chi connectivity index (χ3n) is 3.64. The maximum atomic E-state index is 12.3. The summed E-state index contributed by atoms with van der Waals surface area (Å²) in [5, 5.41) is 18.4. The van der Waals surface area contributed by atoms with Gasteiger partial charge in [0.1, 0.15) is 23.7 Å². The molecule has 0 saturated carbocycles. The van der Waals surface area contributed by atoms with E-state index in [1.165, 1.54) is 12.1 Å². The van der Waals surface area contributed by atoms with Crippen LogP contribution in [-0.2, 0) is 16.3 Å². The molecule has 134 valence electrons. The third-order valence-corrected chi connectivity index (χ3v) is 5.33. The maximum absolute atomic E-state index is 12.3. The van der Waals surface area contributed by atoms with Crippen LogP contribution in [0.4, 0.5) is 0 Å². The Kier molecular flexibility index (Phi) is 6.03. The molecule has 6 nitrogen and oxygen atoms in total. The lowest BCUT2D eigenvalue weighted by atomic mass is 10.1. The van der Waals surface area contributed by atoms with Crippen LogP contribution in [0.1, 0.15) is 29.3 Å². The molecule has 0 aliphatic rings. The summed E-state index contributed by atoms with van der Waals surface area (Å²) >= 11 is 0. The number of carboxylic acid groups (broad SMARTS) is 1. The summed E-state index contributed by atoms with van der Waals surface area (Å²) in [7, 11) is -3.49. The Morgan fingerprint density at radius 2 is 1.80 bits per heavy atom. The molecule has 2 aromatic carbocycles. The van der Waals surface area contributed by atoms with E-state index in [-0.39, 0.29) is 34.3 Å². The number of ether oxygens (including phenoxy) is 1. The van der Waals surface area contributed by atoms with Crippen molar-refractivity contribution in [2.45, 2.75) is 24.7 Å². The van der Waals surface area contributed by atoms with E-state index in [9.17, 15) is 18.3 Å². The van der Waals surface area contributed by atoms with Gasteiger partial charge < -0.3 is 14.9 Å². The average Bonchev–Trinajstić information content (AvgIpc) is 2.57. The number of sulfone groups is 1. The topological polar surface area (TPSA) is 101 Å². The normalized spacial score (nSPS) is 11.2. The van der Waals surface area contributed by atoms with Crippen LogP contribution in [-0.4, -0.2) is 37.0 Å². The van der Waals surface area contributed by atoms with Crippen LogP contribution in [0.5, 0.6) is 11.5 Å². The van der Waals surface area contributed by atoms with Crippen molar-refractivity contribution in [3.8, 4) is 11.5 Å². The van der Waals surface area contributed by atoms with Crippen molar-refractivity contribution in [1.29, 1.82) is 0 Å². The van der Waals surface area contributed by atoms with Gasteiger partial charge in [-0.05, 0) is 42.3 Å². The van der Waals surface area contributed by atoms with Crippen molar-refractivity contribution < 1.29 is 28.2 Å². The molecule has 0 radical (unpaired) electrons. The monoisotopic (exact) mass is 364 g/mol. The van der Waals surface area contributed by atoms with Crippen molar-refractivity contribution in [3.63, 3.8) is 0 Å². The molecule has 25 heavy (non-hydrogen) atoms. The molecule has 2 aromatic rings. The van der Waals surface area contributed by atoms with Gasteiger partial charge in [-0.3, -0.25) is 0 Å². The van der Waals surface area contributed by atoms with Gasteiger partial charge in [-0.25, -0.2) is 13.2 Å². The van der Waals surface area contributed by atoms with Crippen LogP contribution in [0, 0.1) is 0 Å². The van der Waals surface area contributed by atoms with E-state index in [4.69, 9.17) is 9.84 Å². The van der Waals surface area contributed by atoms with Crippen LogP contribution < -0.4 is 4.74 Å². The first-order valence-electron chi connectivity index (χ1n) is 7.84. The van der Waals surface area contributed by atoms with E-state index in [1.54, 1.807) is 24.3 Å². The average molecular weight is 364 g/mol. The standard InChI is InChI=1S/C18H20O6S/c1-2-3-13-4-7-15(8-5-13)25(22,23)11-10-24-14-6-9-17(19)16(12-14)18(20)21/h4-9,12,19H,2-3,10-11H2,1H3,(H,20,21). The summed E-state index contributed by atoms with van der Waals surface area (Å²) in [6.07, 6.45) is 1.89. The Morgan fingerprint density at radius 3 is 2.40 bits per heavy atom. The van der Waals surface area contributed by atoms with Gasteiger partial charge in [0.25, 0.3) is 0 Å². The Labute approximate surface area is 146 Å². The molecule has 0 atom stereocenters. The number of carboxylic acids is 1. The summed E-state index contributed by atoms with van der Waals surface area (Å²) in [5.41, 5.74) is 0.787. The summed E-state index contributed by atoms with van der Waals surface area (Å²) in [6, 6.07) is 10.5. The van der Waals surface area contributed by atoms with Crippen LogP contribution in [0.25, 0.3) is 0 Å². The summed E-state index contributed by atoms with van der Waals surface area (Å²) in [4.78, 5) is 11.2. The van der Waals surface area contributed by atoms with Gasteiger partial charge in [-0.1, -0.05) is 25.5 Å². The van der Waals surface area contributed by atoms with Crippen LogP contribution in [0.15, 0.2) is 47.4 Å². The van der Waals surface area contributed by atoms with Crippen molar-refractivity contribution >= 4 is 15.8 Å². The molecular formula is C18H20O6S. The number of hydrogen-bond acceptors (Lipinski definition) is 5. The number of carbonyl (C=O) groups is 1. The molecule has 0 aliphatic heterocycles. The summed E-state index contributed by atoms with van der Waals surface area (Å²) < 4.78 is 29.9. The zero-order valence-electron chi connectivity index (χ0n) is 13.8. The van der Waals surface area contributed by atoms with Gasteiger partial charge in [0.2, 0.25) is 0 Å². The number of phenols is 1. The van der Waals surface area contributed by atoms with Crippen molar-refractivity contribution in [2.75, 3.05) is 12.4 Å². The van der Waals surface area contributed by atoms with Gasteiger partial charge in [-0.15, -0.1) is 0 Å². The first-order chi connectivity index (χ1) is 11.8. The third kappa shape index (κ3) is 4.96. The predicted octanol–water partition coefficient (Wildman–Crippen LogP) is 2.90. The molecule has 7 heteroatoms. The fraction of sp³-hybridized carbons (Fsp3) is 0.278. The predicted molar refractivity (Wildman–Crippen MR) is 93.1 cm³/mol. The van der Waals surface area contributed by atoms with Gasteiger partial charge in [-0.2, -0.15) is 0 Å². The van der Waals surface area contributed by atoms with Gasteiger partial charge in [0.05, 0.1) is 10.6 Å². The molecule has 0 fully saturated rings. The highest BCUT2D eigenvalue weighted by Gasteiger charge is 2.15. The molecule has 0 spiro atoms. The molecule has 2 rings (SSSR count). The fourth-order valence-electron chi connectivity index (χ4n) is 2.32. The zero-order chi connectivity index (χ0) is 18.4. The summed E-state index contributed by atoms with van der Waals surface area (Å²) in [5.74, 6) is -1.71. The Balaban J connectivity index is 2.00. The first-order valence-corrected chi connectivity index (χ1v) is 9.49. The van der Waals surface area contributed by atoms with Gasteiger partial charge in [0.15, 0.2) is 9.84 Å². The van der Waals surface area contributed by atoms with Crippen molar-refractivity contribution in [3.05, 3.63) is 53.6 Å². The maximum Gasteiger partial charge on any atom is 0.339 e. The molecule has 0 heterocycles. The second kappa shape index (κ2) is 8.02. The van der Waals surface area contributed by atoms with E-state index in [0.717, 1.165) is 24.5 Å². The minimum Gasteiger partial charge on any atom is -0.507 e. The number of aromatic hydroxyl groups is 1. The van der Waals surface area contributed by atoms with E-state index < -0.39 is 15.8 Å². The lowest BCUT2D eigenvalue weighted by molar-refractivity contribution is 0.0693. The number of rotatable bonds is 8. The molecule has 0 aliphatic carbocycles. The number of aryl methyl sites for hydroxylation is 1. The fourth-order valence-corrected chi connectivity index (χ4v) is 3.40. The Hall–Kier alpha value is -2.54. The second-order valence-electron chi connectivity index (χ2n) is 5.55. The lowest BCUT2D eigenvalue weighted by Crippen LogP contribution is -2.14. The number of benzene rings is 2. The molecule has 0 saturated heterocycles. The smallest absolute Gasteiger partial charge is 0.339 e. The van der Waals surface area contributed by atoms with Gasteiger partial charge >= 0.3 is 5.97 Å². The molecule has 0 aromatic heterocycles. The van der Waals surface area contributed by atoms with E-state index in [2.05, 4.69) is 6.92 Å². The molecular weight excluding hydrogens is 344 g/mol. The first kappa shape index (κ1) is 18.8.